The summed E-state index contributed by atoms with van der Waals surface area (Å²) in [5, 5.41) is 13.4. The first kappa shape index (κ1) is 28.3. The van der Waals surface area contributed by atoms with Crippen LogP contribution in [0.5, 0.6) is 5.75 Å². The van der Waals surface area contributed by atoms with Gasteiger partial charge in [-0.2, -0.15) is 18.2 Å². The molecule has 0 atom stereocenters. The fraction of sp³-hybridized carbons (Fsp3) is 0.318. The summed E-state index contributed by atoms with van der Waals surface area (Å²) in [4.78, 5) is 17.0. The Labute approximate surface area is 200 Å². The van der Waals surface area contributed by atoms with Gasteiger partial charge in [0.05, 0.1) is 16.5 Å². The Morgan fingerprint density at radius 1 is 1.24 bits per heavy atom. The molecule has 180 valence electrons. The average molecular weight is 506 g/mol. The smallest absolute Gasteiger partial charge is 0.416 e. The van der Waals surface area contributed by atoms with E-state index < -0.39 is 11.7 Å². The first-order valence-corrected chi connectivity index (χ1v) is 10.7. The van der Waals surface area contributed by atoms with Crippen LogP contribution in [-0.4, -0.2) is 46.3 Å². The molecule has 0 fully saturated rings. The maximum Gasteiger partial charge on any atom is 0.416 e. The lowest BCUT2D eigenvalue weighted by atomic mass is 10.1. The molecule has 1 aromatic heterocycles. The number of aromatic nitrogens is 2. The summed E-state index contributed by atoms with van der Waals surface area (Å²) in [7, 11) is 3.17. The highest BCUT2D eigenvalue weighted by Gasteiger charge is 2.31. The molecule has 0 spiro atoms. The normalized spacial score (nSPS) is 12.6. The third-order valence-electron chi connectivity index (χ3n) is 3.88. The number of aromatic hydroxyl groups is 1. The van der Waals surface area contributed by atoms with Gasteiger partial charge < -0.3 is 14.5 Å². The van der Waals surface area contributed by atoms with Gasteiger partial charge in [0.15, 0.2) is 0 Å². The van der Waals surface area contributed by atoms with Crippen LogP contribution >= 0.6 is 23.2 Å². The van der Waals surface area contributed by atoms with Crippen molar-refractivity contribution in [1.82, 2.24) is 15.0 Å². The molecule has 1 aliphatic rings. The Balaban J connectivity index is 0.000000354. The van der Waals surface area contributed by atoms with Gasteiger partial charge in [0.2, 0.25) is 0 Å². The minimum absolute atomic E-state index is 0.0541. The summed E-state index contributed by atoms with van der Waals surface area (Å²) >= 11 is 11.6. The van der Waals surface area contributed by atoms with Gasteiger partial charge in [0, 0.05) is 25.2 Å². The first-order chi connectivity index (χ1) is 15.5. The second-order valence-electron chi connectivity index (χ2n) is 6.40. The molecule has 0 radical (unpaired) electrons. The van der Waals surface area contributed by atoms with Gasteiger partial charge in [-0.1, -0.05) is 61.0 Å². The molecule has 1 N–H and O–H groups in total. The minimum Gasteiger partial charge on any atom is -0.506 e. The van der Waals surface area contributed by atoms with Crippen molar-refractivity contribution < 1.29 is 27.6 Å². The maximum absolute atomic E-state index is 12.0. The van der Waals surface area contributed by atoms with E-state index in [-0.39, 0.29) is 34.3 Å². The van der Waals surface area contributed by atoms with Crippen molar-refractivity contribution in [3.05, 3.63) is 64.5 Å². The Morgan fingerprint density at radius 3 is 2.48 bits per heavy atom. The second-order valence-corrected chi connectivity index (χ2v) is 7.08. The van der Waals surface area contributed by atoms with Crippen LogP contribution in [0.4, 0.5) is 13.2 Å². The number of phenolic OH excluding ortho intramolecular Hbond substituents is 1. The van der Waals surface area contributed by atoms with Crippen molar-refractivity contribution >= 4 is 29.1 Å². The number of hydrogen-bond donors (Lipinski definition) is 1. The van der Waals surface area contributed by atoms with Gasteiger partial charge in [-0.15, -0.1) is 11.6 Å². The number of benzene rings is 1. The van der Waals surface area contributed by atoms with Crippen molar-refractivity contribution in [3.63, 3.8) is 0 Å². The summed E-state index contributed by atoms with van der Waals surface area (Å²) in [5.41, 5.74) is 0.351. The van der Waals surface area contributed by atoms with E-state index in [0.717, 1.165) is 6.08 Å². The quantitative estimate of drug-likeness (QED) is 0.478. The van der Waals surface area contributed by atoms with Crippen LogP contribution < -0.4 is 0 Å². The molecule has 0 saturated heterocycles. The van der Waals surface area contributed by atoms with Crippen LogP contribution in [0.25, 0.3) is 11.5 Å². The van der Waals surface area contributed by atoms with E-state index >= 15 is 0 Å². The fourth-order valence-corrected chi connectivity index (χ4v) is 2.74. The second kappa shape index (κ2) is 13.1. The van der Waals surface area contributed by atoms with Crippen LogP contribution in [0.1, 0.15) is 36.5 Å². The van der Waals surface area contributed by atoms with Crippen LogP contribution in [0, 0.1) is 0 Å². The lowest BCUT2D eigenvalue weighted by Gasteiger charge is -2.05. The van der Waals surface area contributed by atoms with Crippen molar-refractivity contribution in [1.29, 1.82) is 0 Å². The number of allylic oxidation sites excluding steroid dienone is 6. The molecule has 11 heteroatoms. The summed E-state index contributed by atoms with van der Waals surface area (Å²) < 4.78 is 40.9. The van der Waals surface area contributed by atoms with Gasteiger partial charge in [-0.05, 0) is 18.6 Å². The van der Waals surface area contributed by atoms with E-state index in [1.165, 1.54) is 23.1 Å². The molecule has 3 rings (SSSR count). The van der Waals surface area contributed by atoms with Crippen molar-refractivity contribution in [2.45, 2.75) is 32.3 Å². The monoisotopic (exact) mass is 505 g/mol. The summed E-state index contributed by atoms with van der Waals surface area (Å²) in [6.45, 7) is 4.00. The van der Waals surface area contributed by atoms with Crippen molar-refractivity contribution in [2.75, 3.05) is 14.1 Å². The largest absolute Gasteiger partial charge is 0.506 e. The number of rotatable bonds is 3. The van der Waals surface area contributed by atoms with Crippen molar-refractivity contribution in [3.8, 4) is 17.2 Å². The molecule has 0 bridgehead atoms. The molecule has 0 unspecified atom stereocenters. The summed E-state index contributed by atoms with van der Waals surface area (Å²) in [6, 6.07) is 3.04. The zero-order valence-corrected chi connectivity index (χ0v) is 20.0. The predicted octanol–water partition coefficient (Wildman–Crippen LogP) is 6.55. The van der Waals surface area contributed by atoms with Crippen LogP contribution in [0.3, 0.4) is 0 Å². The topological polar surface area (TPSA) is 79.5 Å². The Bertz CT molecular complexity index is 1030. The molecular weight excluding hydrogens is 482 g/mol. The number of alkyl halides is 4. The molecule has 0 aliphatic heterocycles. The molecule has 6 nitrogen and oxygen atoms in total. The van der Waals surface area contributed by atoms with E-state index in [1.54, 1.807) is 32.3 Å². The molecule has 1 heterocycles. The van der Waals surface area contributed by atoms with Gasteiger partial charge >= 0.3 is 6.18 Å². The maximum atomic E-state index is 12.0. The lowest BCUT2D eigenvalue weighted by Crippen LogP contribution is -2.22. The summed E-state index contributed by atoms with van der Waals surface area (Å²) in [5.74, 6) is -0.307. The number of carbonyl (C=O) groups excluding carboxylic acids is 1. The Morgan fingerprint density at radius 2 is 1.91 bits per heavy atom. The molecule has 1 aromatic carbocycles. The highest BCUT2D eigenvalue weighted by molar-refractivity contribution is 6.32. The number of amides is 1. The van der Waals surface area contributed by atoms with Gasteiger partial charge in [0.1, 0.15) is 5.75 Å². The summed E-state index contributed by atoms with van der Waals surface area (Å²) in [6.07, 6.45) is 3.06. The van der Waals surface area contributed by atoms with Crippen LogP contribution in [0.2, 0.25) is 5.02 Å². The van der Waals surface area contributed by atoms with Crippen molar-refractivity contribution in [2.24, 2.45) is 0 Å². The molecule has 1 amide bonds. The molecule has 0 saturated carbocycles. The lowest BCUT2D eigenvalue weighted by molar-refractivity contribution is -0.0883. The van der Waals surface area contributed by atoms with E-state index in [4.69, 9.17) is 27.7 Å². The third kappa shape index (κ3) is 8.25. The molecule has 33 heavy (non-hydrogen) atoms. The number of carbonyl (C=O) groups is 1. The fourth-order valence-electron chi connectivity index (χ4n) is 2.30. The standard InChI is InChI=1S/C12H11Cl2N3O3.C8H7F3.C2H6/c1-17(2)12(19)10-15-11(20-16-10)6-3-7(5-13)9(18)8(14)4-6;9-8(10,11)7-5-3-1-2-4-6-7;1-2/h3-4,18H,5H2,1-2H3;1-3,5-6H,4H2;1-2H3. The van der Waals surface area contributed by atoms with E-state index in [1.807, 2.05) is 13.8 Å². The van der Waals surface area contributed by atoms with Crippen LogP contribution in [-0.2, 0) is 5.88 Å². The number of phenols is 1. The number of hydrogen-bond acceptors (Lipinski definition) is 5. The van der Waals surface area contributed by atoms with E-state index in [9.17, 15) is 23.1 Å². The first-order valence-electron chi connectivity index (χ1n) is 9.78. The molecular formula is C22H24Cl2F3N3O3. The Hall–Kier alpha value is -2.78. The van der Waals surface area contributed by atoms with Crippen LogP contribution in [0.15, 0.2) is 52.6 Å². The van der Waals surface area contributed by atoms with Gasteiger partial charge in [0.25, 0.3) is 17.6 Å². The van der Waals surface area contributed by atoms with E-state index in [2.05, 4.69) is 10.1 Å². The SMILES string of the molecule is CC.CN(C)C(=O)c1noc(-c2cc(Cl)c(O)c(CCl)c2)n1.FC(F)(F)C1=CCC=CC=C1. The van der Waals surface area contributed by atoms with Gasteiger partial charge in [-0.3, -0.25) is 4.79 Å². The zero-order chi connectivity index (χ0) is 25.2. The van der Waals surface area contributed by atoms with E-state index in [0.29, 0.717) is 17.5 Å². The molecule has 2 aromatic rings. The number of halogens is 5. The minimum atomic E-state index is -4.21. The Kier molecular flexibility index (Phi) is 11.2. The third-order valence-corrected chi connectivity index (χ3v) is 4.46. The zero-order valence-electron chi connectivity index (χ0n) is 18.5. The molecule has 1 aliphatic carbocycles. The average Bonchev–Trinajstić information content (AvgIpc) is 3.10. The number of nitrogens with zero attached hydrogens (tertiary/aromatic N) is 3. The predicted molar refractivity (Wildman–Crippen MR) is 122 cm³/mol. The highest BCUT2D eigenvalue weighted by atomic mass is 35.5. The highest BCUT2D eigenvalue weighted by Crippen LogP contribution is 2.33. The van der Waals surface area contributed by atoms with Gasteiger partial charge in [-0.25, -0.2) is 0 Å².